The summed E-state index contributed by atoms with van der Waals surface area (Å²) in [6.45, 7) is 0.744. The molecule has 0 unspecified atom stereocenters. The van der Waals surface area contributed by atoms with Crippen molar-refractivity contribution in [3.05, 3.63) is 33.4 Å². The van der Waals surface area contributed by atoms with Gasteiger partial charge in [-0.2, -0.15) is 0 Å². The van der Waals surface area contributed by atoms with Gasteiger partial charge in [0, 0.05) is 21.1 Å². The second kappa shape index (κ2) is 4.71. The zero-order chi connectivity index (χ0) is 11.6. The predicted octanol–water partition coefficient (Wildman–Crippen LogP) is 1.79. The first-order valence-corrected chi connectivity index (χ1v) is 6.38. The third kappa shape index (κ3) is 2.74. The van der Waals surface area contributed by atoms with E-state index in [2.05, 4.69) is 27.9 Å². The largest absolute Gasteiger partial charge is 0.396 e. The Balaban J connectivity index is 1.91. The number of carbonyl (C=O) groups excluding carboxylic acids is 1. The van der Waals surface area contributed by atoms with E-state index < -0.39 is 0 Å². The summed E-state index contributed by atoms with van der Waals surface area (Å²) in [5.74, 6) is -0.0591. The van der Waals surface area contributed by atoms with Gasteiger partial charge >= 0.3 is 0 Å². The molecule has 0 saturated heterocycles. The molecule has 1 aromatic carbocycles. The van der Waals surface area contributed by atoms with E-state index in [0.29, 0.717) is 12.1 Å². The Morgan fingerprint density at radius 1 is 1.38 bits per heavy atom. The lowest BCUT2D eigenvalue weighted by atomic mass is 10.1. The van der Waals surface area contributed by atoms with E-state index >= 15 is 0 Å². The highest BCUT2D eigenvalue weighted by atomic mass is 127. The van der Waals surface area contributed by atoms with Crippen molar-refractivity contribution >= 4 is 28.5 Å². The standard InChI is InChI=1S/C12H14INO2/c13-10-3-1-9(2-4-10)11(16)14-7-12(8-15)5-6-12/h1-4,15H,5-8H2,(H,14,16). The van der Waals surface area contributed by atoms with Gasteiger partial charge in [-0.1, -0.05) is 0 Å². The maximum absolute atomic E-state index is 11.8. The summed E-state index contributed by atoms with van der Waals surface area (Å²) in [6, 6.07) is 7.45. The van der Waals surface area contributed by atoms with Crippen LogP contribution in [-0.2, 0) is 0 Å². The number of nitrogens with one attached hydrogen (secondary N) is 1. The van der Waals surface area contributed by atoms with Crippen LogP contribution in [0, 0.1) is 8.99 Å². The number of halogens is 1. The van der Waals surface area contributed by atoms with Crippen LogP contribution >= 0.6 is 22.6 Å². The van der Waals surface area contributed by atoms with Crippen molar-refractivity contribution in [3.63, 3.8) is 0 Å². The van der Waals surface area contributed by atoms with Crippen molar-refractivity contribution in [3.8, 4) is 0 Å². The van der Waals surface area contributed by atoms with Gasteiger partial charge in [-0.05, 0) is 59.7 Å². The lowest BCUT2D eigenvalue weighted by Crippen LogP contribution is -2.31. The number of aliphatic hydroxyl groups excluding tert-OH is 1. The quantitative estimate of drug-likeness (QED) is 0.827. The van der Waals surface area contributed by atoms with Crippen LogP contribution in [0.1, 0.15) is 23.2 Å². The third-order valence-corrected chi connectivity index (χ3v) is 3.74. The van der Waals surface area contributed by atoms with E-state index in [9.17, 15) is 4.79 Å². The highest BCUT2D eigenvalue weighted by Crippen LogP contribution is 2.44. The number of aliphatic hydroxyl groups is 1. The molecule has 1 amide bonds. The second-order valence-electron chi connectivity index (χ2n) is 4.35. The van der Waals surface area contributed by atoms with Crippen LogP contribution in [0.15, 0.2) is 24.3 Å². The fourth-order valence-corrected chi connectivity index (χ4v) is 1.90. The average Bonchev–Trinajstić information content (AvgIpc) is 3.08. The summed E-state index contributed by atoms with van der Waals surface area (Å²) in [5, 5.41) is 12.0. The summed E-state index contributed by atoms with van der Waals surface area (Å²) in [6.07, 6.45) is 2.02. The number of benzene rings is 1. The van der Waals surface area contributed by atoms with Crippen LogP contribution in [0.25, 0.3) is 0 Å². The van der Waals surface area contributed by atoms with E-state index in [4.69, 9.17) is 5.11 Å². The van der Waals surface area contributed by atoms with Gasteiger partial charge < -0.3 is 10.4 Å². The fraction of sp³-hybridized carbons (Fsp3) is 0.417. The number of hydrogen-bond acceptors (Lipinski definition) is 2. The molecule has 1 aliphatic rings. The molecule has 1 fully saturated rings. The highest BCUT2D eigenvalue weighted by molar-refractivity contribution is 14.1. The van der Waals surface area contributed by atoms with Gasteiger partial charge in [0.2, 0.25) is 0 Å². The van der Waals surface area contributed by atoms with Gasteiger partial charge in [0.05, 0.1) is 6.61 Å². The maximum atomic E-state index is 11.8. The maximum Gasteiger partial charge on any atom is 0.251 e. The molecular weight excluding hydrogens is 317 g/mol. The molecule has 1 saturated carbocycles. The van der Waals surface area contributed by atoms with E-state index in [0.717, 1.165) is 16.4 Å². The molecule has 1 aliphatic carbocycles. The molecule has 4 heteroatoms. The van der Waals surface area contributed by atoms with Crippen LogP contribution in [0.5, 0.6) is 0 Å². The molecule has 0 aliphatic heterocycles. The van der Waals surface area contributed by atoms with Gasteiger partial charge in [-0.15, -0.1) is 0 Å². The van der Waals surface area contributed by atoms with Crippen molar-refractivity contribution in [2.24, 2.45) is 5.41 Å². The molecule has 0 aromatic heterocycles. The summed E-state index contributed by atoms with van der Waals surface area (Å²) in [7, 11) is 0. The summed E-state index contributed by atoms with van der Waals surface area (Å²) in [5.41, 5.74) is 0.646. The average molecular weight is 331 g/mol. The molecule has 1 aromatic rings. The van der Waals surface area contributed by atoms with Crippen molar-refractivity contribution in [2.75, 3.05) is 13.2 Å². The van der Waals surface area contributed by atoms with E-state index in [1.807, 2.05) is 24.3 Å². The minimum atomic E-state index is -0.0591. The van der Waals surface area contributed by atoms with E-state index in [-0.39, 0.29) is 17.9 Å². The molecule has 0 atom stereocenters. The van der Waals surface area contributed by atoms with Crippen LogP contribution in [0.2, 0.25) is 0 Å². The lowest BCUT2D eigenvalue weighted by Gasteiger charge is -2.12. The minimum Gasteiger partial charge on any atom is -0.396 e. The first-order valence-electron chi connectivity index (χ1n) is 5.30. The molecule has 0 spiro atoms. The number of amides is 1. The predicted molar refractivity (Wildman–Crippen MR) is 70.2 cm³/mol. The van der Waals surface area contributed by atoms with Gasteiger partial charge in [0.1, 0.15) is 0 Å². The Morgan fingerprint density at radius 2 is 2.00 bits per heavy atom. The monoisotopic (exact) mass is 331 g/mol. The first-order chi connectivity index (χ1) is 7.65. The van der Waals surface area contributed by atoms with Crippen molar-refractivity contribution in [2.45, 2.75) is 12.8 Å². The Labute approximate surface area is 108 Å². The lowest BCUT2D eigenvalue weighted by molar-refractivity contribution is 0.0935. The SMILES string of the molecule is O=C(NCC1(CO)CC1)c1ccc(I)cc1. The first kappa shape index (κ1) is 11.9. The summed E-state index contributed by atoms with van der Waals surface area (Å²) >= 11 is 2.21. The molecule has 2 rings (SSSR count). The zero-order valence-corrected chi connectivity index (χ0v) is 11.0. The number of rotatable bonds is 4. The van der Waals surface area contributed by atoms with E-state index in [1.165, 1.54) is 0 Å². The number of carbonyl (C=O) groups is 1. The van der Waals surface area contributed by atoms with Crippen LogP contribution < -0.4 is 5.32 Å². The van der Waals surface area contributed by atoms with Crippen molar-refractivity contribution in [1.82, 2.24) is 5.32 Å². The Kier molecular flexibility index (Phi) is 3.49. The van der Waals surface area contributed by atoms with Crippen LogP contribution in [-0.4, -0.2) is 24.2 Å². The highest BCUT2D eigenvalue weighted by Gasteiger charge is 2.42. The summed E-state index contributed by atoms with van der Waals surface area (Å²) in [4.78, 5) is 11.8. The molecule has 0 bridgehead atoms. The van der Waals surface area contributed by atoms with Crippen molar-refractivity contribution < 1.29 is 9.90 Å². The minimum absolute atomic E-state index is 0.0289. The summed E-state index contributed by atoms with van der Waals surface area (Å²) < 4.78 is 1.11. The second-order valence-corrected chi connectivity index (χ2v) is 5.59. The fourth-order valence-electron chi connectivity index (χ4n) is 1.54. The Hall–Kier alpha value is -0.620. The molecule has 16 heavy (non-hydrogen) atoms. The van der Waals surface area contributed by atoms with Gasteiger partial charge in [-0.25, -0.2) is 0 Å². The Bertz CT molecular complexity index is 385. The molecular formula is C12H14INO2. The van der Waals surface area contributed by atoms with Crippen LogP contribution in [0.4, 0.5) is 0 Å². The molecule has 2 N–H and O–H groups in total. The molecule has 0 radical (unpaired) electrons. The number of hydrogen-bond donors (Lipinski definition) is 2. The molecule has 0 heterocycles. The van der Waals surface area contributed by atoms with Gasteiger partial charge in [0.25, 0.3) is 5.91 Å². The van der Waals surface area contributed by atoms with Gasteiger partial charge in [0.15, 0.2) is 0 Å². The van der Waals surface area contributed by atoms with Crippen molar-refractivity contribution in [1.29, 1.82) is 0 Å². The molecule has 86 valence electrons. The van der Waals surface area contributed by atoms with E-state index in [1.54, 1.807) is 0 Å². The Morgan fingerprint density at radius 3 is 2.50 bits per heavy atom. The third-order valence-electron chi connectivity index (χ3n) is 3.02. The smallest absolute Gasteiger partial charge is 0.251 e. The topological polar surface area (TPSA) is 49.3 Å². The molecule has 3 nitrogen and oxygen atoms in total. The van der Waals surface area contributed by atoms with Gasteiger partial charge in [-0.3, -0.25) is 4.79 Å². The van der Waals surface area contributed by atoms with Crippen LogP contribution in [0.3, 0.4) is 0 Å². The normalized spacial score (nSPS) is 16.9. The zero-order valence-electron chi connectivity index (χ0n) is 8.87.